The molecular formula is C7H6N2O4S2. The molecule has 1 amide bonds. The number of hydrogen-bond donors (Lipinski definition) is 3. The maximum Gasteiger partial charge on any atom is 0.271 e. The molecule has 1 aromatic rings. The van der Waals surface area contributed by atoms with Gasteiger partial charge in [0.1, 0.15) is 5.00 Å². The number of carbonyl (C=O) groups excluding carboxylic acids is 1. The number of fused-ring (bicyclic) bond motifs is 1. The number of primary amides is 1. The van der Waals surface area contributed by atoms with E-state index in [1.54, 1.807) is 5.38 Å². The van der Waals surface area contributed by atoms with Crippen molar-refractivity contribution < 1.29 is 18.3 Å². The molecule has 0 fully saturated rings. The number of hydrogen-bond acceptors (Lipinski definition) is 5. The summed E-state index contributed by atoms with van der Waals surface area (Å²) >= 11 is 1.11. The largest absolute Gasteiger partial charge is 0.506 e. The number of anilines is 1. The normalized spacial score (nSPS) is 18.1. The summed E-state index contributed by atoms with van der Waals surface area (Å²) in [4.78, 5) is 10.1. The van der Waals surface area contributed by atoms with Gasteiger partial charge >= 0.3 is 0 Å². The molecule has 0 radical (unpaired) electrons. The van der Waals surface area contributed by atoms with Crippen molar-refractivity contribution in [1.82, 2.24) is 0 Å². The molecule has 1 aliphatic heterocycles. The number of sulfonamides is 1. The molecule has 0 bridgehead atoms. The summed E-state index contributed by atoms with van der Waals surface area (Å²) in [5, 5.41) is 11.4. The Bertz CT molecular complexity index is 570. The van der Waals surface area contributed by atoms with Gasteiger partial charge < -0.3 is 10.8 Å². The Morgan fingerprint density at radius 2 is 2.20 bits per heavy atom. The standard InChI is InChI=1S/C7H6N2O4S2/c8-6(11)5-4(10)3-1-2-14-7(3)9-15(5,12)13/h1-2,9-10H,(H2,8,11). The van der Waals surface area contributed by atoms with Crippen molar-refractivity contribution in [2.75, 3.05) is 4.72 Å². The summed E-state index contributed by atoms with van der Waals surface area (Å²) in [6.07, 6.45) is 0. The molecule has 0 atom stereocenters. The highest BCUT2D eigenvalue weighted by Gasteiger charge is 2.34. The monoisotopic (exact) mass is 246 g/mol. The zero-order chi connectivity index (χ0) is 11.2. The van der Waals surface area contributed by atoms with Gasteiger partial charge in [-0.3, -0.25) is 9.52 Å². The molecule has 15 heavy (non-hydrogen) atoms. The molecule has 4 N–H and O–H groups in total. The van der Waals surface area contributed by atoms with Crippen molar-refractivity contribution in [3.8, 4) is 0 Å². The van der Waals surface area contributed by atoms with Crippen LogP contribution >= 0.6 is 11.3 Å². The average molecular weight is 246 g/mol. The predicted octanol–water partition coefficient (Wildman–Crippen LogP) is 0.215. The van der Waals surface area contributed by atoms with Crippen LogP contribution in [0.3, 0.4) is 0 Å². The van der Waals surface area contributed by atoms with E-state index in [0.717, 1.165) is 11.3 Å². The van der Waals surface area contributed by atoms with Crippen LogP contribution in [0, 0.1) is 0 Å². The number of carbonyl (C=O) groups is 1. The number of thiophene rings is 1. The molecule has 0 unspecified atom stereocenters. The van der Waals surface area contributed by atoms with Gasteiger partial charge in [-0.2, -0.15) is 0 Å². The van der Waals surface area contributed by atoms with E-state index in [1.165, 1.54) is 6.07 Å². The fraction of sp³-hybridized carbons (Fsp3) is 0. The van der Waals surface area contributed by atoms with Crippen LogP contribution in [0.5, 0.6) is 0 Å². The third-order valence-electron chi connectivity index (χ3n) is 1.86. The van der Waals surface area contributed by atoms with E-state index in [0.29, 0.717) is 0 Å². The first-order valence-electron chi connectivity index (χ1n) is 3.77. The molecule has 1 aliphatic rings. The Labute approximate surface area is 89.1 Å². The van der Waals surface area contributed by atoms with Crippen LogP contribution < -0.4 is 10.5 Å². The number of amides is 1. The van der Waals surface area contributed by atoms with Gasteiger partial charge in [-0.1, -0.05) is 0 Å². The number of nitrogens with two attached hydrogens (primary N) is 1. The zero-order valence-corrected chi connectivity index (χ0v) is 8.85. The van der Waals surface area contributed by atoms with Crippen molar-refractivity contribution in [1.29, 1.82) is 0 Å². The van der Waals surface area contributed by atoms with Crippen LogP contribution in [0.1, 0.15) is 5.56 Å². The lowest BCUT2D eigenvalue weighted by Gasteiger charge is -2.16. The lowest BCUT2D eigenvalue weighted by atomic mass is 10.2. The average Bonchev–Trinajstić information content (AvgIpc) is 2.48. The number of rotatable bonds is 1. The highest BCUT2D eigenvalue weighted by Crippen LogP contribution is 2.36. The molecule has 0 saturated heterocycles. The third kappa shape index (κ3) is 1.38. The zero-order valence-electron chi connectivity index (χ0n) is 7.22. The minimum Gasteiger partial charge on any atom is -0.506 e. The quantitative estimate of drug-likeness (QED) is 0.658. The number of aliphatic hydroxyl groups excluding tert-OH is 1. The van der Waals surface area contributed by atoms with Crippen LogP contribution in [-0.4, -0.2) is 19.4 Å². The third-order valence-corrected chi connectivity index (χ3v) is 4.22. The summed E-state index contributed by atoms with van der Waals surface area (Å²) < 4.78 is 25.1. The van der Waals surface area contributed by atoms with Gasteiger partial charge in [-0.05, 0) is 11.4 Å². The summed E-state index contributed by atoms with van der Waals surface area (Å²) in [6, 6.07) is 1.50. The Hall–Kier alpha value is -1.54. The van der Waals surface area contributed by atoms with Crippen molar-refractivity contribution >= 4 is 38.0 Å². The lowest BCUT2D eigenvalue weighted by molar-refractivity contribution is -0.113. The van der Waals surface area contributed by atoms with E-state index in [4.69, 9.17) is 5.73 Å². The van der Waals surface area contributed by atoms with Crippen molar-refractivity contribution in [3.63, 3.8) is 0 Å². The second kappa shape index (κ2) is 2.97. The second-order valence-electron chi connectivity index (χ2n) is 2.81. The second-order valence-corrected chi connectivity index (χ2v) is 5.35. The summed E-state index contributed by atoms with van der Waals surface area (Å²) in [5.41, 5.74) is 5.15. The topological polar surface area (TPSA) is 109 Å². The summed E-state index contributed by atoms with van der Waals surface area (Å²) in [5.74, 6) is -1.78. The van der Waals surface area contributed by atoms with Crippen LogP contribution in [0.15, 0.2) is 16.4 Å². The van der Waals surface area contributed by atoms with E-state index >= 15 is 0 Å². The first-order valence-corrected chi connectivity index (χ1v) is 6.13. The van der Waals surface area contributed by atoms with Gasteiger partial charge in [0, 0.05) is 0 Å². The van der Waals surface area contributed by atoms with Gasteiger partial charge in [0.25, 0.3) is 15.9 Å². The highest BCUT2D eigenvalue weighted by molar-refractivity contribution is 7.98. The maximum absolute atomic E-state index is 11.5. The Morgan fingerprint density at radius 1 is 1.53 bits per heavy atom. The lowest BCUT2D eigenvalue weighted by Crippen LogP contribution is -2.29. The maximum atomic E-state index is 11.5. The van der Waals surface area contributed by atoms with Gasteiger partial charge in [0.15, 0.2) is 10.7 Å². The van der Waals surface area contributed by atoms with Crippen LogP contribution in [0.25, 0.3) is 5.76 Å². The van der Waals surface area contributed by atoms with Crippen molar-refractivity contribution in [2.24, 2.45) is 5.73 Å². The fourth-order valence-electron chi connectivity index (χ4n) is 1.25. The van der Waals surface area contributed by atoms with Crippen LogP contribution in [0.4, 0.5) is 5.00 Å². The van der Waals surface area contributed by atoms with Crippen LogP contribution in [0.2, 0.25) is 0 Å². The van der Waals surface area contributed by atoms with Crippen molar-refractivity contribution in [3.05, 3.63) is 21.9 Å². The Morgan fingerprint density at radius 3 is 2.80 bits per heavy atom. The molecule has 2 heterocycles. The Kier molecular flexibility index (Phi) is 1.98. The van der Waals surface area contributed by atoms with Gasteiger partial charge in [-0.15, -0.1) is 11.3 Å². The first-order chi connectivity index (χ1) is 6.93. The molecule has 0 aromatic carbocycles. The molecule has 1 aromatic heterocycles. The first kappa shape index (κ1) is 9.99. The minimum atomic E-state index is -4.04. The van der Waals surface area contributed by atoms with Crippen LogP contribution in [-0.2, 0) is 14.8 Å². The van der Waals surface area contributed by atoms with Gasteiger partial charge in [0.05, 0.1) is 5.56 Å². The highest BCUT2D eigenvalue weighted by atomic mass is 32.2. The smallest absolute Gasteiger partial charge is 0.271 e. The molecule has 8 heteroatoms. The molecule has 0 aliphatic carbocycles. The molecule has 0 spiro atoms. The molecule has 6 nitrogen and oxygen atoms in total. The predicted molar refractivity (Wildman–Crippen MR) is 55.6 cm³/mol. The molecule has 0 saturated carbocycles. The van der Waals surface area contributed by atoms with E-state index in [9.17, 15) is 18.3 Å². The number of aliphatic hydroxyl groups is 1. The van der Waals surface area contributed by atoms with E-state index < -0.39 is 26.6 Å². The SMILES string of the molecule is NC(=O)C1=C(O)c2ccsc2NS1(=O)=O. The Balaban J connectivity index is 2.79. The van der Waals surface area contributed by atoms with E-state index in [2.05, 4.69) is 4.72 Å². The molecule has 2 rings (SSSR count). The van der Waals surface area contributed by atoms with Crippen molar-refractivity contribution in [2.45, 2.75) is 0 Å². The fourth-order valence-corrected chi connectivity index (χ4v) is 3.49. The van der Waals surface area contributed by atoms with E-state index in [1.807, 2.05) is 0 Å². The summed E-state index contributed by atoms with van der Waals surface area (Å²) in [7, 11) is -4.04. The molecule has 80 valence electrons. The summed E-state index contributed by atoms with van der Waals surface area (Å²) in [6.45, 7) is 0. The molecular weight excluding hydrogens is 240 g/mol. The van der Waals surface area contributed by atoms with Gasteiger partial charge in [-0.25, -0.2) is 8.42 Å². The minimum absolute atomic E-state index is 0.267. The van der Waals surface area contributed by atoms with Gasteiger partial charge in [0.2, 0.25) is 0 Å². The number of nitrogens with one attached hydrogen (secondary N) is 1. The van der Waals surface area contributed by atoms with E-state index in [-0.39, 0.29) is 10.6 Å².